The van der Waals surface area contributed by atoms with Crippen LogP contribution in [-0.2, 0) is 6.54 Å². The first-order valence-electron chi connectivity index (χ1n) is 10.7. The third kappa shape index (κ3) is 4.19. The molecule has 0 saturated carbocycles. The van der Waals surface area contributed by atoms with E-state index in [1.807, 2.05) is 96.4 Å². The molecule has 33 heavy (non-hydrogen) atoms. The number of aromatic nitrogens is 3. The standard InChI is InChI=1S/C27H22N4O2/c1-19-12-14-21(15-13-19)28-26(32)23-17-30(16-20-8-4-2-5-9-20)18-24-25(23)29-31(27(24)33)22-10-6-3-7-11-22/h2-15,17-18H,16H2,1H3,(H,28,32). The zero-order valence-corrected chi connectivity index (χ0v) is 18.1. The summed E-state index contributed by atoms with van der Waals surface area (Å²) in [5.41, 5.74) is 4.35. The lowest BCUT2D eigenvalue weighted by molar-refractivity contribution is 0.102. The molecule has 0 atom stereocenters. The molecular weight excluding hydrogens is 412 g/mol. The second kappa shape index (κ2) is 8.59. The van der Waals surface area contributed by atoms with Gasteiger partial charge in [-0.1, -0.05) is 66.2 Å². The average molecular weight is 434 g/mol. The molecule has 162 valence electrons. The normalized spacial score (nSPS) is 10.9. The summed E-state index contributed by atoms with van der Waals surface area (Å²) in [6.45, 7) is 2.52. The maximum absolute atomic E-state index is 13.3. The highest BCUT2D eigenvalue weighted by Crippen LogP contribution is 2.24. The molecule has 0 fully saturated rings. The number of hydrogen-bond donors (Lipinski definition) is 1. The lowest BCUT2D eigenvalue weighted by Crippen LogP contribution is -2.18. The topological polar surface area (TPSA) is 68.9 Å². The van der Waals surface area contributed by atoms with Crippen molar-refractivity contribution in [3.8, 4) is 16.9 Å². The zero-order chi connectivity index (χ0) is 22.8. The lowest BCUT2D eigenvalue weighted by Gasteiger charge is -2.13. The van der Waals surface area contributed by atoms with Crippen LogP contribution in [0.1, 0.15) is 21.5 Å². The van der Waals surface area contributed by atoms with Crippen LogP contribution in [0.4, 0.5) is 5.69 Å². The number of carbonyl (C=O) groups is 1. The highest BCUT2D eigenvalue weighted by molar-refractivity contribution is 6.08. The number of rotatable bonds is 5. The Bertz CT molecular complexity index is 1440. The van der Waals surface area contributed by atoms with Gasteiger partial charge in [0.15, 0.2) is 0 Å². The quantitative estimate of drug-likeness (QED) is 0.434. The number of para-hydroxylation sites is 1. The predicted octanol–water partition coefficient (Wildman–Crippen LogP) is 4.75. The van der Waals surface area contributed by atoms with E-state index in [1.165, 1.54) is 4.68 Å². The summed E-state index contributed by atoms with van der Waals surface area (Å²) in [6.07, 6.45) is 3.51. The Balaban J connectivity index is 1.62. The van der Waals surface area contributed by atoms with Crippen LogP contribution >= 0.6 is 0 Å². The summed E-state index contributed by atoms with van der Waals surface area (Å²) in [4.78, 5) is 26.6. The van der Waals surface area contributed by atoms with Gasteiger partial charge in [-0.3, -0.25) is 9.59 Å². The van der Waals surface area contributed by atoms with Crippen LogP contribution in [-0.4, -0.2) is 20.3 Å². The average Bonchev–Trinajstić information content (AvgIpc) is 3.17. The van der Waals surface area contributed by atoms with Crippen molar-refractivity contribution in [2.24, 2.45) is 0 Å². The molecule has 5 rings (SSSR count). The lowest BCUT2D eigenvalue weighted by atomic mass is 10.1. The van der Waals surface area contributed by atoms with Crippen molar-refractivity contribution >= 4 is 11.6 Å². The highest BCUT2D eigenvalue weighted by Gasteiger charge is 2.24. The molecule has 2 aliphatic rings. The van der Waals surface area contributed by atoms with Gasteiger partial charge < -0.3 is 9.88 Å². The fourth-order valence-corrected chi connectivity index (χ4v) is 3.79. The van der Waals surface area contributed by atoms with Crippen molar-refractivity contribution in [2.75, 3.05) is 5.32 Å². The van der Waals surface area contributed by atoms with E-state index in [4.69, 9.17) is 0 Å². The SMILES string of the molecule is Cc1ccc(NC(=O)c2cn(Cc3ccccc3)cc3c(=O)n(-c4ccccc4)nc2-3)cc1. The molecule has 0 bridgehead atoms. The minimum Gasteiger partial charge on any atom is -0.348 e. The Kier molecular flexibility index (Phi) is 5.32. The molecule has 0 aromatic heterocycles. The third-order valence-electron chi connectivity index (χ3n) is 5.49. The van der Waals surface area contributed by atoms with Crippen LogP contribution in [0.25, 0.3) is 16.9 Å². The number of amides is 1. The number of benzene rings is 3. The van der Waals surface area contributed by atoms with E-state index in [1.54, 1.807) is 12.4 Å². The largest absolute Gasteiger partial charge is 0.348 e. The summed E-state index contributed by atoms with van der Waals surface area (Å²) in [7, 11) is 0. The number of fused-ring (bicyclic) bond motifs is 1. The maximum atomic E-state index is 13.3. The highest BCUT2D eigenvalue weighted by atomic mass is 16.2. The van der Waals surface area contributed by atoms with Crippen LogP contribution in [0.2, 0.25) is 0 Å². The second-order valence-corrected chi connectivity index (χ2v) is 7.96. The summed E-state index contributed by atoms with van der Waals surface area (Å²) in [5.74, 6) is -0.316. The number of nitrogens with one attached hydrogen (secondary N) is 1. The van der Waals surface area contributed by atoms with Gasteiger partial charge in [-0.2, -0.15) is 9.78 Å². The van der Waals surface area contributed by atoms with E-state index >= 15 is 0 Å². The van der Waals surface area contributed by atoms with E-state index < -0.39 is 0 Å². The Morgan fingerprint density at radius 1 is 0.879 bits per heavy atom. The molecule has 0 radical (unpaired) electrons. The Morgan fingerprint density at radius 2 is 1.55 bits per heavy atom. The van der Waals surface area contributed by atoms with Crippen molar-refractivity contribution in [3.63, 3.8) is 0 Å². The summed E-state index contributed by atoms with van der Waals surface area (Å²) in [6, 6.07) is 26.7. The molecule has 0 saturated heterocycles. The molecule has 3 aromatic rings. The van der Waals surface area contributed by atoms with Gasteiger partial charge in [0.2, 0.25) is 0 Å². The van der Waals surface area contributed by atoms with E-state index in [2.05, 4.69) is 10.4 Å². The number of pyridine rings is 1. The van der Waals surface area contributed by atoms with E-state index in [0.717, 1.165) is 11.1 Å². The fraction of sp³-hybridized carbons (Fsp3) is 0.0741. The number of aryl methyl sites for hydroxylation is 1. The molecule has 0 spiro atoms. The van der Waals surface area contributed by atoms with Crippen molar-refractivity contribution in [2.45, 2.75) is 13.5 Å². The van der Waals surface area contributed by atoms with Crippen LogP contribution < -0.4 is 10.9 Å². The molecular formula is C27H22N4O2. The summed E-state index contributed by atoms with van der Waals surface area (Å²) >= 11 is 0. The molecule has 6 nitrogen and oxygen atoms in total. The van der Waals surface area contributed by atoms with Crippen LogP contribution in [0.3, 0.4) is 0 Å². The summed E-state index contributed by atoms with van der Waals surface area (Å²) < 4.78 is 3.21. The molecule has 3 aromatic carbocycles. The Morgan fingerprint density at radius 3 is 2.24 bits per heavy atom. The molecule has 1 N–H and O–H groups in total. The van der Waals surface area contributed by atoms with Crippen LogP contribution in [0.5, 0.6) is 0 Å². The van der Waals surface area contributed by atoms with Gasteiger partial charge in [-0.25, -0.2) is 0 Å². The van der Waals surface area contributed by atoms with Gasteiger partial charge in [0.25, 0.3) is 11.5 Å². The van der Waals surface area contributed by atoms with E-state index in [9.17, 15) is 9.59 Å². The zero-order valence-electron chi connectivity index (χ0n) is 18.1. The number of anilines is 1. The van der Waals surface area contributed by atoms with Crippen LogP contribution in [0.15, 0.2) is 102 Å². The summed E-state index contributed by atoms with van der Waals surface area (Å²) in [5, 5.41) is 7.47. The molecule has 1 amide bonds. The first-order chi connectivity index (χ1) is 16.1. The maximum Gasteiger partial charge on any atom is 0.282 e. The first-order valence-corrected chi connectivity index (χ1v) is 10.7. The van der Waals surface area contributed by atoms with Crippen molar-refractivity contribution < 1.29 is 4.79 Å². The second-order valence-electron chi connectivity index (χ2n) is 7.96. The number of nitrogens with zero attached hydrogens (tertiary/aromatic N) is 3. The van der Waals surface area contributed by atoms with Crippen LogP contribution in [0, 0.1) is 6.92 Å². The third-order valence-corrected chi connectivity index (χ3v) is 5.49. The van der Waals surface area contributed by atoms with Gasteiger partial charge in [0.1, 0.15) is 5.69 Å². The van der Waals surface area contributed by atoms with Gasteiger partial charge in [0, 0.05) is 24.6 Å². The molecule has 0 aliphatic carbocycles. The molecule has 2 heterocycles. The van der Waals surface area contributed by atoms with E-state index in [0.29, 0.717) is 34.7 Å². The minimum atomic E-state index is -0.316. The van der Waals surface area contributed by atoms with Gasteiger partial charge in [0.05, 0.1) is 16.8 Å². The Labute approximate surface area is 191 Å². The predicted molar refractivity (Wildman–Crippen MR) is 129 cm³/mol. The number of hydrogen-bond acceptors (Lipinski definition) is 3. The smallest absolute Gasteiger partial charge is 0.282 e. The minimum absolute atomic E-state index is 0.261. The molecule has 6 heteroatoms. The van der Waals surface area contributed by atoms with Crippen molar-refractivity contribution in [3.05, 3.63) is 124 Å². The van der Waals surface area contributed by atoms with Gasteiger partial charge in [-0.15, -0.1) is 0 Å². The Hall–Kier alpha value is -4.45. The van der Waals surface area contributed by atoms with Gasteiger partial charge >= 0.3 is 0 Å². The van der Waals surface area contributed by atoms with Crippen molar-refractivity contribution in [1.29, 1.82) is 0 Å². The monoisotopic (exact) mass is 434 g/mol. The first kappa shape index (κ1) is 20.5. The molecule has 2 aliphatic heterocycles. The van der Waals surface area contributed by atoms with E-state index in [-0.39, 0.29) is 11.5 Å². The van der Waals surface area contributed by atoms with Gasteiger partial charge in [-0.05, 0) is 36.8 Å². The molecule has 0 unspecified atom stereocenters. The fourth-order valence-electron chi connectivity index (χ4n) is 3.79. The number of carbonyl (C=O) groups excluding carboxylic acids is 1. The van der Waals surface area contributed by atoms with Crippen molar-refractivity contribution in [1.82, 2.24) is 14.3 Å².